The standard InChI is InChI=1S/C11H12ClNO2/c12-8-3-1-7(2-4-8)11(10(14)15)5-9(13)6-11/h1-4,9H,5-6,13H2,(H,14,15). The average Bonchev–Trinajstić information content (AvgIpc) is 2.13. The van der Waals surface area contributed by atoms with Crippen LogP contribution in [-0.4, -0.2) is 17.1 Å². The van der Waals surface area contributed by atoms with E-state index < -0.39 is 11.4 Å². The number of aliphatic carboxylic acids is 1. The Bertz CT molecular complexity index is 382. The largest absolute Gasteiger partial charge is 0.481 e. The van der Waals surface area contributed by atoms with Gasteiger partial charge in [0.15, 0.2) is 0 Å². The van der Waals surface area contributed by atoms with Crippen molar-refractivity contribution in [3.63, 3.8) is 0 Å². The van der Waals surface area contributed by atoms with Crippen LogP contribution in [0.3, 0.4) is 0 Å². The number of nitrogens with two attached hydrogens (primary N) is 1. The SMILES string of the molecule is NC1CC(C(=O)O)(c2ccc(Cl)cc2)C1. The predicted octanol–water partition coefficient (Wildman–Crippen LogP) is 1.78. The second kappa shape index (κ2) is 3.51. The van der Waals surface area contributed by atoms with Gasteiger partial charge in [-0.15, -0.1) is 0 Å². The summed E-state index contributed by atoms with van der Waals surface area (Å²) in [6.07, 6.45) is 1.01. The first-order chi connectivity index (χ1) is 7.04. The van der Waals surface area contributed by atoms with E-state index in [2.05, 4.69) is 0 Å². The zero-order valence-corrected chi connectivity index (χ0v) is 8.87. The van der Waals surface area contributed by atoms with Gasteiger partial charge in [-0.2, -0.15) is 0 Å². The molecule has 1 saturated carbocycles. The maximum Gasteiger partial charge on any atom is 0.314 e. The molecule has 0 bridgehead atoms. The molecule has 0 aromatic heterocycles. The summed E-state index contributed by atoms with van der Waals surface area (Å²) >= 11 is 5.76. The van der Waals surface area contributed by atoms with Gasteiger partial charge in [0.1, 0.15) is 0 Å². The number of carbonyl (C=O) groups is 1. The molecule has 0 saturated heterocycles. The summed E-state index contributed by atoms with van der Waals surface area (Å²) in [5.41, 5.74) is 5.67. The van der Waals surface area contributed by atoms with E-state index in [1.807, 2.05) is 0 Å². The summed E-state index contributed by atoms with van der Waals surface area (Å²) in [7, 11) is 0. The van der Waals surface area contributed by atoms with Gasteiger partial charge in [0.2, 0.25) is 0 Å². The van der Waals surface area contributed by atoms with Crippen LogP contribution in [0.15, 0.2) is 24.3 Å². The van der Waals surface area contributed by atoms with Crippen molar-refractivity contribution >= 4 is 17.6 Å². The minimum Gasteiger partial charge on any atom is -0.481 e. The Morgan fingerprint density at radius 2 is 1.93 bits per heavy atom. The highest BCUT2D eigenvalue weighted by molar-refractivity contribution is 6.30. The molecule has 1 aromatic carbocycles. The fourth-order valence-corrected chi connectivity index (χ4v) is 2.26. The van der Waals surface area contributed by atoms with E-state index in [4.69, 9.17) is 17.3 Å². The third-order valence-electron chi connectivity index (χ3n) is 3.03. The third-order valence-corrected chi connectivity index (χ3v) is 3.28. The van der Waals surface area contributed by atoms with E-state index in [9.17, 15) is 9.90 Å². The molecule has 0 spiro atoms. The molecule has 0 radical (unpaired) electrons. The molecule has 2 rings (SSSR count). The van der Waals surface area contributed by atoms with E-state index in [-0.39, 0.29) is 6.04 Å². The van der Waals surface area contributed by atoms with Gasteiger partial charge in [-0.05, 0) is 30.5 Å². The van der Waals surface area contributed by atoms with Crippen LogP contribution in [0.25, 0.3) is 0 Å². The summed E-state index contributed by atoms with van der Waals surface area (Å²) in [5.74, 6) is -0.800. The lowest BCUT2D eigenvalue weighted by Crippen LogP contribution is -2.54. The maximum atomic E-state index is 11.2. The van der Waals surface area contributed by atoms with Crippen LogP contribution in [0.4, 0.5) is 0 Å². The second-order valence-corrected chi connectivity index (χ2v) is 4.50. The van der Waals surface area contributed by atoms with E-state index in [0.29, 0.717) is 17.9 Å². The van der Waals surface area contributed by atoms with Crippen LogP contribution in [0.5, 0.6) is 0 Å². The van der Waals surface area contributed by atoms with Gasteiger partial charge in [-0.1, -0.05) is 23.7 Å². The Balaban J connectivity index is 2.34. The first kappa shape index (κ1) is 10.5. The third kappa shape index (κ3) is 1.62. The van der Waals surface area contributed by atoms with Gasteiger partial charge in [0.25, 0.3) is 0 Å². The molecule has 0 heterocycles. The highest BCUT2D eigenvalue weighted by Gasteiger charge is 2.50. The van der Waals surface area contributed by atoms with Crippen molar-refractivity contribution in [2.24, 2.45) is 5.73 Å². The molecule has 0 unspecified atom stereocenters. The van der Waals surface area contributed by atoms with Crippen molar-refractivity contribution in [3.8, 4) is 0 Å². The molecular weight excluding hydrogens is 214 g/mol. The first-order valence-electron chi connectivity index (χ1n) is 4.80. The topological polar surface area (TPSA) is 63.3 Å². The number of carboxylic acids is 1. The molecular formula is C11H12ClNO2. The maximum absolute atomic E-state index is 11.2. The van der Waals surface area contributed by atoms with Gasteiger partial charge < -0.3 is 10.8 Å². The fraction of sp³-hybridized carbons (Fsp3) is 0.364. The monoisotopic (exact) mass is 225 g/mol. The van der Waals surface area contributed by atoms with Crippen LogP contribution in [-0.2, 0) is 10.2 Å². The van der Waals surface area contributed by atoms with Crippen molar-refractivity contribution in [1.82, 2.24) is 0 Å². The molecule has 3 nitrogen and oxygen atoms in total. The van der Waals surface area contributed by atoms with Gasteiger partial charge in [-0.25, -0.2) is 0 Å². The summed E-state index contributed by atoms with van der Waals surface area (Å²) in [5, 5.41) is 9.85. The molecule has 0 atom stereocenters. The summed E-state index contributed by atoms with van der Waals surface area (Å²) in [4.78, 5) is 11.2. The minimum atomic E-state index is -0.800. The summed E-state index contributed by atoms with van der Waals surface area (Å²) in [6, 6.07) is 6.96. The van der Waals surface area contributed by atoms with Crippen molar-refractivity contribution in [2.75, 3.05) is 0 Å². The second-order valence-electron chi connectivity index (χ2n) is 4.06. The molecule has 80 valence electrons. The van der Waals surface area contributed by atoms with Crippen LogP contribution >= 0.6 is 11.6 Å². The van der Waals surface area contributed by atoms with Gasteiger partial charge >= 0.3 is 5.97 Å². The van der Waals surface area contributed by atoms with Crippen molar-refractivity contribution in [1.29, 1.82) is 0 Å². The highest BCUT2D eigenvalue weighted by Crippen LogP contribution is 2.43. The van der Waals surface area contributed by atoms with Crippen LogP contribution in [0.2, 0.25) is 5.02 Å². The normalized spacial score (nSPS) is 29.6. The number of carboxylic acid groups (broad SMARTS) is 1. The lowest BCUT2D eigenvalue weighted by atomic mass is 9.62. The van der Waals surface area contributed by atoms with E-state index in [1.165, 1.54) is 0 Å². The lowest BCUT2D eigenvalue weighted by Gasteiger charge is -2.43. The number of halogens is 1. The Kier molecular flexibility index (Phi) is 2.44. The fourth-order valence-electron chi connectivity index (χ4n) is 2.14. The molecule has 3 N–H and O–H groups in total. The lowest BCUT2D eigenvalue weighted by molar-refractivity contribution is -0.148. The number of hydrogen-bond acceptors (Lipinski definition) is 2. The van der Waals surface area contributed by atoms with Gasteiger partial charge in [0.05, 0.1) is 5.41 Å². The molecule has 1 aliphatic carbocycles. The minimum absolute atomic E-state index is 0.00298. The quantitative estimate of drug-likeness (QED) is 0.807. The number of hydrogen-bond donors (Lipinski definition) is 2. The average molecular weight is 226 g/mol. The molecule has 0 amide bonds. The number of rotatable bonds is 2. The summed E-state index contributed by atoms with van der Waals surface area (Å²) in [6.45, 7) is 0. The molecule has 15 heavy (non-hydrogen) atoms. The van der Waals surface area contributed by atoms with Crippen LogP contribution in [0.1, 0.15) is 18.4 Å². The van der Waals surface area contributed by atoms with Gasteiger partial charge in [-0.3, -0.25) is 4.79 Å². The zero-order chi connectivity index (χ0) is 11.1. The number of benzene rings is 1. The molecule has 4 heteroatoms. The Morgan fingerprint density at radius 1 is 1.40 bits per heavy atom. The molecule has 1 fully saturated rings. The Morgan fingerprint density at radius 3 is 2.33 bits per heavy atom. The van der Waals surface area contributed by atoms with E-state index >= 15 is 0 Å². The molecule has 1 aliphatic rings. The van der Waals surface area contributed by atoms with E-state index in [1.54, 1.807) is 24.3 Å². The van der Waals surface area contributed by atoms with Crippen molar-refractivity contribution in [2.45, 2.75) is 24.3 Å². The molecule has 0 aliphatic heterocycles. The first-order valence-corrected chi connectivity index (χ1v) is 5.17. The van der Waals surface area contributed by atoms with Crippen LogP contribution in [0, 0.1) is 0 Å². The van der Waals surface area contributed by atoms with E-state index in [0.717, 1.165) is 5.56 Å². The van der Waals surface area contributed by atoms with Crippen molar-refractivity contribution in [3.05, 3.63) is 34.9 Å². The predicted molar refractivity (Wildman–Crippen MR) is 58.0 cm³/mol. The highest BCUT2D eigenvalue weighted by atomic mass is 35.5. The van der Waals surface area contributed by atoms with Gasteiger partial charge in [0, 0.05) is 11.1 Å². The zero-order valence-electron chi connectivity index (χ0n) is 8.11. The van der Waals surface area contributed by atoms with Crippen molar-refractivity contribution < 1.29 is 9.90 Å². The Labute approximate surface area is 92.8 Å². The Hall–Kier alpha value is -1.06. The van der Waals surface area contributed by atoms with Crippen LogP contribution < -0.4 is 5.73 Å². The molecule has 1 aromatic rings. The smallest absolute Gasteiger partial charge is 0.314 e. The summed E-state index contributed by atoms with van der Waals surface area (Å²) < 4.78 is 0.